The van der Waals surface area contributed by atoms with Crippen molar-refractivity contribution in [2.75, 3.05) is 99.4 Å². The number of nitrogens with two attached hydrogens (primary N) is 1. The largest absolute Gasteiger partial charge is 0.377 e. The van der Waals surface area contributed by atoms with Gasteiger partial charge in [0.1, 0.15) is 21.5 Å². The van der Waals surface area contributed by atoms with E-state index in [1.165, 1.54) is 30.2 Å². The summed E-state index contributed by atoms with van der Waals surface area (Å²) in [6.45, 7) is 5.87. The molecule has 1 saturated heterocycles. The average Bonchev–Trinajstić information content (AvgIpc) is 3.59. The number of carbonyl (C=O) groups is 2. The topological polar surface area (TPSA) is 138 Å². The molecule has 0 saturated carbocycles. The number of nitrogens with zero attached hydrogens (tertiary/aromatic N) is 4. The van der Waals surface area contributed by atoms with E-state index < -0.39 is 22.5 Å². The maximum Gasteiger partial charge on any atom is 0.365 e. The number of benzene rings is 2. The Morgan fingerprint density at radius 2 is 1.48 bits per heavy atom. The Morgan fingerprint density at radius 3 is 2.11 bits per heavy atom. The van der Waals surface area contributed by atoms with Crippen LogP contribution in [-0.2, 0) is 38.2 Å². The molecule has 2 aromatic carbocycles. The van der Waals surface area contributed by atoms with E-state index in [-0.39, 0.29) is 29.7 Å². The number of likely N-dealkylation sites (tertiary alicyclic amines) is 1. The normalized spacial score (nSPS) is 17.4. The second kappa shape index (κ2) is 24.1. The molecule has 298 valence electrons. The van der Waals surface area contributed by atoms with Crippen LogP contribution in [0.25, 0.3) is 0 Å². The summed E-state index contributed by atoms with van der Waals surface area (Å²) < 4.78 is 56.6. The van der Waals surface area contributed by atoms with Gasteiger partial charge in [-0.25, -0.2) is 18.6 Å². The van der Waals surface area contributed by atoms with Crippen molar-refractivity contribution in [1.29, 1.82) is 0 Å². The van der Waals surface area contributed by atoms with Crippen molar-refractivity contribution in [1.82, 2.24) is 15.0 Å². The number of ether oxygens (including phenoxy) is 5. The summed E-state index contributed by atoms with van der Waals surface area (Å²) in [5.74, 6) is -1.22. The van der Waals surface area contributed by atoms with Gasteiger partial charge in [0.2, 0.25) is 5.91 Å². The molecule has 2 aliphatic rings. The Morgan fingerprint density at radius 1 is 0.870 bits per heavy atom. The highest BCUT2D eigenvalue weighted by atomic mass is 32.2. The number of hydrogen-bond acceptors (Lipinski definition) is 11. The summed E-state index contributed by atoms with van der Waals surface area (Å²) in [5.41, 5.74) is 6.59. The molecule has 0 aliphatic carbocycles. The molecule has 16 heteroatoms. The number of piperidine rings is 1. The minimum Gasteiger partial charge on any atom is -0.377 e. The monoisotopic (exact) mass is 777 g/mol. The fourth-order valence-electron chi connectivity index (χ4n) is 5.71. The van der Waals surface area contributed by atoms with Crippen LogP contribution in [0.5, 0.6) is 0 Å². The van der Waals surface area contributed by atoms with Gasteiger partial charge in [0, 0.05) is 31.8 Å². The van der Waals surface area contributed by atoms with Crippen molar-refractivity contribution >= 4 is 28.7 Å². The SMILES string of the molecule is CN(OCCOCCOCCOCCOCCOC/C=C/C(=O)N1CCCCC1)C(=O)N1N=C(c2cc(F)ccc2F)SC1(CCCN)c1ccccc1. The van der Waals surface area contributed by atoms with Crippen LogP contribution in [0.3, 0.4) is 0 Å². The van der Waals surface area contributed by atoms with E-state index in [1.54, 1.807) is 12.2 Å². The molecule has 0 aromatic heterocycles. The second-order valence-corrected chi connectivity index (χ2v) is 13.7. The quantitative estimate of drug-likeness (QED) is 0.0891. The molecule has 13 nitrogen and oxygen atoms in total. The highest BCUT2D eigenvalue weighted by Crippen LogP contribution is 2.51. The number of hydroxylamine groups is 2. The van der Waals surface area contributed by atoms with Gasteiger partial charge in [-0.3, -0.25) is 9.63 Å². The number of urea groups is 1. The summed E-state index contributed by atoms with van der Waals surface area (Å²) in [4.78, 5) is 32.3. The predicted molar refractivity (Wildman–Crippen MR) is 202 cm³/mol. The van der Waals surface area contributed by atoms with Gasteiger partial charge in [-0.1, -0.05) is 48.2 Å². The van der Waals surface area contributed by atoms with E-state index in [0.717, 1.165) is 54.8 Å². The Kier molecular flexibility index (Phi) is 19.3. The smallest absolute Gasteiger partial charge is 0.365 e. The number of carbonyl (C=O) groups excluding carboxylic acids is 2. The van der Waals surface area contributed by atoms with Gasteiger partial charge >= 0.3 is 6.03 Å². The molecular weight excluding hydrogens is 725 g/mol. The first-order chi connectivity index (χ1) is 26.4. The molecule has 1 fully saturated rings. The third kappa shape index (κ3) is 13.7. The molecule has 3 amide bonds. The second-order valence-electron chi connectivity index (χ2n) is 12.4. The first-order valence-corrected chi connectivity index (χ1v) is 19.2. The van der Waals surface area contributed by atoms with Crippen molar-refractivity contribution in [3.8, 4) is 0 Å². The van der Waals surface area contributed by atoms with E-state index in [9.17, 15) is 18.4 Å². The molecule has 1 atom stereocenters. The van der Waals surface area contributed by atoms with E-state index >= 15 is 0 Å². The predicted octanol–water partition coefficient (Wildman–Crippen LogP) is 4.90. The highest BCUT2D eigenvalue weighted by Gasteiger charge is 2.49. The third-order valence-electron chi connectivity index (χ3n) is 8.50. The zero-order chi connectivity index (χ0) is 38.4. The summed E-state index contributed by atoms with van der Waals surface area (Å²) in [7, 11) is 1.46. The Labute approximate surface area is 320 Å². The lowest BCUT2D eigenvalue weighted by Gasteiger charge is -2.37. The molecule has 54 heavy (non-hydrogen) atoms. The lowest BCUT2D eigenvalue weighted by atomic mass is 10.0. The number of hydrazone groups is 1. The highest BCUT2D eigenvalue weighted by molar-refractivity contribution is 8.15. The number of amides is 3. The lowest BCUT2D eigenvalue weighted by molar-refractivity contribution is -0.126. The summed E-state index contributed by atoms with van der Waals surface area (Å²) >= 11 is 1.18. The van der Waals surface area contributed by atoms with Crippen LogP contribution in [-0.4, -0.2) is 131 Å². The van der Waals surface area contributed by atoms with E-state index in [2.05, 4.69) is 5.10 Å². The molecule has 1 unspecified atom stereocenters. The standard InChI is InChI=1S/C38H53F2N5O8S/c1-43(37(47)45-38(15-9-16-41,31-10-4-2-5-11-31)54-36(42-45)33-30-32(39)13-14-34(33)40)53-29-28-52-27-26-51-25-24-50-23-22-49-21-20-48-19-8-12-35(46)44-17-6-3-7-18-44/h2,4-5,8,10-14,30H,3,6-7,9,15-29,41H2,1H3/b12-8+. The lowest BCUT2D eigenvalue weighted by Crippen LogP contribution is -2.47. The summed E-state index contributed by atoms with van der Waals surface area (Å²) in [6, 6.07) is 11.8. The van der Waals surface area contributed by atoms with Gasteiger partial charge in [-0.05, 0) is 62.4 Å². The van der Waals surface area contributed by atoms with Crippen molar-refractivity contribution in [2.45, 2.75) is 37.0 Å². The molecule has 2 aromatic rings. The van der Waals surface area contributed by atoms with Gasteiger partial charge in [-0.2, -0.15) is 10.1 Å². The fraction of sp³-hybridized carbons (Fsp3) is 0.553. The summed E-state index contributed by atoms with van der Waals surface area (Å²) in [5, 5.41) is 7.01. The first kappa shape index (κ1) is 43.3. The van der Waals surface area contributed by atoms with Crippen LogP contribution < -0.4 is 5.73 Å². The number of thioether (sulfide) groups is 1. The number of rotatable bonds is 24. The Bertz CT molecular complexity index is 1490. The molecule has 2 heterocycles. The van der Waals surface area contributed by atoms with Crippen molar-refractivity contribution in [2.24, 2.45) is 10.8 Å². The number of halogens is 2. The van der Waals surface area contributed by atoms with Crippen LogP contribution in [0.2, 0.25) is 0 Å². The van der Waals surface area contributed by atoms with Crippen molar-refractivity contribution < 1.29 is 46.9 Å². The molecule has 2 aliphatic heterocycles. The van der Waals surface area contributed by atoms with Crippen LogP contribution in [0.4, 0.5) is 13.6 Å². The zero-order valence-corrected chi connectivity index (χ0v) is 31.8. The molecule has 4 rings (SSSR count). The van der Waals surface area contributed by atoms with Gasteiger partial charge < -0.3 is 34.3 Å². The van der Waals surface area contributed by atoms with Gasteiger partial charge in [0.25, 0.3) is 0 Å². The van der Waals surface area contributed by atoms with Crippen LogP contribution in [0.1, 0.15) is 43.2 Å². The minimum absolute atomic E-state index is 0.0383. The maximum atomic E-state index is 14.9. The molecule has 2 N–H and O–H groups in total. The van der Waals surface area contributed by atoms with E-state index in [0.29, 0.717) is 78.8 Å². The maximum absolute atomic E-state index is 14.9. The molecule has 0 radical (unpaired) electrons. The Hall–Kier alpha value is -3.48. The first-order valence-electron chi connectivity index (χ1n) is 18.4. The number of hydrogen-bond donors (Lipinski definition) is 1. The van der Waals surface area contributed by atoms with Gasteiger partial charge in [0.15, 0.2) is 0 Å². The summed E-state index contributed by atoms with van der Waals surface area (Å²) in [6.07, 6.45) is 7.61. The van der Waals surface area contributed by atoms with Crippen LogP contribution >= 0.6 is 11.8 Å². The van der Waals surface area contributed by atoms with Gasteiger partial charge in [0.05, 0.1) is 72.7 Å². The molecule has 0 spiro atoms. The van der Waals surface area contributed by atoms with Crippen LogP contribution in [0.15, 0.2) is 65.8 Å². The van der Waals surface area contributed by atoms with Crippen molar-refractivity contribution in [3.05, 3.63) is 83.4 Å². The van der Waals surface area contributed by atoms with E-state index in [4.69, 9.17) is 34.3 Å². The third-order valence-corrected chi connectivity index (χ3v) is 9.94. The van der Waals surface area contributed by atoms with Gasteiger partial charge in [-0.15, -0.1) is 0 Å². The van der Waals surface area contributed by atoms with Crippen LogP contribution in [0, 0.1) is 11.6 Å². The molecule has 0 bridgehead atoms. The van der Waals surface area contributed by atoms with E-state index in [1.807, 2.05) is 35.2 Å². The van der Waals surface area contributed by atoms with Crippen molar-refractivity contribution in [3.63, 3.8) is 0 Å². The fourth-order valence-corrected chi connectivity index (χ4v) is 7.12. The zero-order valence-electron chi connectivity index (χ0n) is 31.0. The molecular formula is C38H53F2N5O8S. The average molecular weight is 778 g/mol. The minimum atomic E-state index is -1.07. The Balaban J connectivity index is 1.07.